The molecule has 0 unspecified atom stereocenters. The van der Waals surface area contributed by atoms with Crippen molar-refractivity contribution in [2.75, 3.05) is 13.7 Å². The van der Waals surface area contributed by atoms with Gasteiger partial charge in [0, 0.05) is 19.6 Å². The molecule has 1 aromatic carbocycles. The van der Waals surface area contributed by atoms with Gasteiger partial charge in [-0.1, -0.05) is 30.8 Å². The number of methoxy groups -OCH3 is 1. The fourth-order valence-corrected chi connectivity index (χ4v) is 3.68. The van der Waals surface area contributed by atoms with Crippen molar-refractivity contribution in [2.45, 2.75) is 37.4 Å². The van der Waals surface area contributed by atoms with Gasteiger partial charge in [0.2, 0.25) is 5.91 Å². The normalized spacial score (nSPS) is 28.0. The van der Waals surface area contributed by atoms with Crippen molar-refractivity contribution >= 4 is 5.91 Å². The van der Waals surface area contributed by atoms with E-state index in [0.29, 0.717) is 13.0 Å². The number of hydrogen-bond donors (Lipinski definition) is 1. The molecule has 3 atom stereocenters. The molecule has 0 spiro atoms. The molecule has 0 saturated carbocycles. The molecule has 0 bridgehead atoms. The maximum absolute atomic E-state index is 12.6. The molecule has 2 aliphatic rings. The summed E-state index contributed by atoms with van der Waals surface area (Å²) in [6.07, 6.45) is 2.09. The van der Waals surface area contributed by atoms with Crippen LogP contribution in [0.1, 0.15) is 30.0 Å². The van der Waals surface area contributed by atoms with Gasteiger partial charge in [-0.25, -0.2) is 0 Å². The molecule has 3 rings (SSSR count). The summed E-state index contributed by atoms with van der Waals surface area (Å²) in [6, 6.07) is 8.17. The van der Waals surface area contributed by atoms with Crippen LogP contribution in [0.25, 0.3) is 0 Å². The van der Waals surface area contributed by atoms with Gasteiger partial charge in [0.05, 0.1) is 18.7 Å². The highest BCUT2D eigenvalue weighted by atomic mass is 16.5. The molecule has 4 nitrogen and oxygen atoms in total. The number of carbonyl (C=O) groups is 1. The number of aryl methyl sites for hydroxylation is 1. The lowest BCUT2D eigenvalue weighted by Gasteiger charge is -2.31. The van der Waals surface area contributed by atoms with Crippen molar-refractivity contribution in [3.05, 3.63) is 47.5 Å². The summed E-state index contributed by atoms with van der Waals surface area (Å²) < 4.78 is 5.19. The lowest BCUT2D eigenvalue weighted by molar-refractivity contribution is -0.133. The van der Waals surface area contributed by atoms with E-state index in [-0.39, 0.29) is 24.0 Å². The van der Waals surface area contributed by atoms with Crippen LogP contribution in [-0.2, 0) is 16.0 Å². The third-order valence-corrected chi connectivity index (χ3v) is 4.61. The molecule has 0 aliphatic carbocycles. The molecule has 0 radical (unpaired) electrons. The van der Waals surface area contributed by atoms with Crippen LogP contribution in [0.15, 0.2) is 36.4 Å². The Morgan fingerprint density at radius 2 is 2.19 bits per heavy atom. The van der Waals surface area contributed by atoms with Crippen LogP contribution in [0.5, 0.6) is 0 Å². The number of hydrogen-bond acceptors (Lipinski definition) is 3. The number of nitrogens with two attached hydrogens (primary N) is 1. The van der Waals surface area contributed by atoms with Crippen molar-refractivity contribution in [3.63, 3.8) is 0 Å². The molecular weight excluding hydrogens is 264 g/mol. The van der Waals surface area contributed by atoms with Gasteiger partial charge in [0.15, 0.2) is 0 Å². The van der Waals surface area contributed by atoms with Crippen LogP contribution in [0, 0.1) is 0 Å². The lowest BCUT2D eigenvalue weighted by atomic mass is 9.94. The molecule has 1 saturated heterocycles. The number of rotatable bonds is 3. The molecule has 0 aromatic heterocycles. The van der Waals surface area contributed by atoms with E-state index in [2.05, 4.69) is 18.7 Å². The van der Waals surface area contributed by atoms with E-state index in [4.69, 9.17) is 10.5 Å². The first-order valence-electron chi connectivity index (χ1n) is 7.44. The predicted molar refractivity (Wildman–Crippen MR) is 81.7 cm³/mol. The summed E-state index contributed by atoms with van der Waals surface area (Å²) in [7, 11) is 1.65. The summed E-state index contributed by atoms with van der Waals surface area (Å²) in [5.74, 6) is 0.173. The minimum Gasteiger partial charge on any atom is -0.380 e. The van der Waals surface area contributed by atoms with Crippen molar-refractivity contribution in [1.82, 2.24) is 4.90 Å². The summed E-state index contributed by atoms with van der Waals surface area (Å²) in [5.41, 5.74) is 9.76. The third kappa shape index (κ3) is 2.39. The predicted octanol–water partition coefficient (Wildman–Crippen LogP) is 1.80. The molecule has 1 aromatic rings. The molecule has 112 valence electrons. The lowest BCUT2D eigenvalue weighted by Crippen LogP contribution is -2.39. The van der Waals surface area contributed by atoms with E-state index in [9.17, 15) is 4.79 Å². The Labute approximate surface area is 125 Å². The minimum absolute atomic E-state index is 0.0105. The summed E-state index contributed by atoms with van der Waals surface area (Å²) in [5, 5.41) is 0. The Bertz CT molecular complexity index is 570. The molecule has 2 N–H and O–H groups in total. The van der Waals surface area contributed by atoms with Crippen molar-refractivity contribution in [2.24, 2.45) is 5.73 Å². The van der Waals surface area contributed by atoms with Crippen LogP contribution < -0.4 is 5.73 Å². The molecule has 2 heterocycles. The topological polar surface area (TPSA) is 55.6 Å². The number of ether oxygens (including phenoxy) is 1. The van der Waals surface area contributed by atoms with Crippen LogP contribution in [-0.4, -0.2) is 36.6 Å². The van der Waals surface area contributed by atoms with Crippen LogP contribution in [0.4, 0.5) is 0 Å². The molecular formula is C17H22N2O2. The molecule has 1 fully saturated rings. The van der Waals surface area contributed by atoms with Crippen LogP contribution in [0.2, 0.25) is 0 Å². The molecule has 21 heavy (non-hydrogen) atoms. The molecule has 4 heteroatoms. The zero-order chi connectivity index (χ0) is 15.0. The number of benzene rings is 1. The first kappa shape index (κ1) is 14.3. The fourth-order valence-electron chi connectivity index (χ4n) is 3.68. The number of fused-ring (bicyclic) bond motifs is 3. The van der Waals surface area contributed by atoms with Crippen molar-refractivity contribution in [3.8, 4) is 0 Å². The third-order valence-electron chi connectivity index (χ3n) is 4.61. The molecule has 1 amide bonds. The zero-order valence-corrected chi connectivity index (χ0v) is 12.4. The Morgan fingerprint density at radius 3 is 2.95 bits per heavy atom. The van der Waals surface area contributed by atoms with E-state index in [1.54, 1.807) is 7.11 Å². The maximum atomic E-state index is 12.6. The standard InChI is InChI=1S/C17H22N2O2/c1-11(10-21-2)15-9-14(18)17-13-6-4-3-5-12(13)7-8-16(20)19(15)17/h3-6,14-15,17H,1,7-10,18H2,2H3/t14-,15+,17+/m1/s1. The highest BCUT2D eigenvalue weighted by Gasteiger charge is 2.45. The van der Waals surface area contributed by atoms with Gasteiger partial charge in [-0.3, -0.25) is 4.79 Å². The Hall–Kier alpha value is -1.65. The van der Waals surface area contributed by atoms with E-state index in [1.165, 1.54) is 11.1 Å². The highest BCUT2D eigenvalue weighted by Crippen LogP contribution is 2.41. The van der Waals surface area contributed by atoms with E-state index in [0.717, 1.165) is 18.4 Å². The van der Waals surface area contributed by atoms with Crippen molar-refractivity contribution in [1.29, 1.82) is 0 Å². The summed E-state index contributed by atoms with van der Waals surface area (Å²) in [6.45, 7) is 4.57. The van der Waals surface area contributed by atoms with E-state index in [1.807, 2.05) is 17.0 Å². The van der Waals surface area contributed by atoms with Crippen LogP contribution >= 0.6 is 0 Å². The number of carbonyl (C=O) groups excluding carboxylic acids is 1. The van der Waals surface area contributed by atoms with Crippen molar-refractivity contribution < 1.29 is 9.53 Å². The second kappa shape index (κ2) is 5.62. The number of amides is 1. The van der Waals surface area contributed by atoms with Gasteiger partial charge in [0.25, 0.3) is 0 Å². The first-order valence-corrected chi connectivity index (χ1v) is 7.44. The van der Waals surface area contributed by atoms with Gasteiger partial charge >= 0.3 is 0 Å². The van der Waals surface area contributed by atoms with Gasteiger partial charge in [-0.2, -0.15) is 0 Å². The zero-order valence-electron chi connectivity index (χ0n) is 12.4. The Morgan fingerprint density at radius 1 is 1.43 bits per heavy atom. The quantitative estimate of drug-likeness (QED) is 0.862. The minimum atomic E-state index is -0.0493. The molecule has 2 aliphatic heterocycles. The van der Waals surface area contributed by atoms with Gasteiger partial charge in [-0.15, -0.1) is 0 Å². The van der Waals surface area contributed by atoms with E-state index >= 15 is 0 Å². The number of nitrogens with zero attached hydrogens (tertiary/aromatic N) is 1. The fraction of sp³-hybridized carbons (Fsp3) is 0.471. The Balaban J connectivity index is 2.01. The SMILES string of the molecule is C=C(COC)[C@@H]1C[C@@H](N)[C@@H]2c3ccccc3CCC(=O)N12. The average Bonchev–Trinajstić information content (AvgIpc) is 2.75. The Kier molecular flexibility index (Phi) is 3.83. The second-order valence-electron chi connectivity index (χ2n) is 5.95. The van der Waals surface area contributed by atoms with E-state index < -0.39 is 0 Å². The second-order valence-corrected chi connectivity index (χ2v) is 5.95. The summed E-state index contributed by atoms with van der Waals surface area (Å²) >= 11 is 0. The van der Waals surface area contributed by atoms with Crippen LogP contribution in [0.3, 0.4) is 0 Å². The summed E-state index contributed by atoms with van der Waals surface area (Å²) in [4.78, 5) is 14.6. The monoisotopic (exact) mass is 286 g/mol. The first-order chi connectivity index (χ1) is 10.1. The van der Waals surface area contributed by atoms with Gasteiger partial charge < -0.3 is 15.4 Å². The van der Waals surface area contributed by atoms with Gasteiger partial charge in [-0.05, 0) is 29.5 Å². The maximum Gasteiger partial charge on any atom is 0.223 e. The highest BCUT2D eigenvalue weighted by molar-refractivity contribution is 5.79. The van der Waals surface area contributed by atoms with Gasteiger partial charge in [0.1, 0.15) is 0 Å². The smallest absolute Gasteiger partial charge is 0.223 e. The average molecular weight is 286 g/mol. The largest absolute Gasteiger partial charge is 0.380 e.